The minimum atomic E-state index is -1.43. The first-order valence-electron chi connectivity index (χ1n) is 6.30. The third-order valence-corrected chi connectivity index (χ3v) is 4.03. The Morgan fingerprint density at radius 1 is 1.50 bits per heavy atom. The number of hydrogen-bond donors (Lipinski definition) is 1. The van der Waals surface area contributed by atoms with E-state index in [1.54, 1.807) is 6.07 Å². The number of aromatic amines is 1. The third-order valence-electron chi connectivity index (χ3n) is 4.03. The molecule has 0 radical (unpaired) electrons. The van der Waals surface area contributed by atoms with Crippen molar-refractivity contribution in [1.29, 1.82) is 0 Å². The normalized spacial score (nSPS) is 32.1. The van der Waals surface area contributed by atoms with Crippen LogP contribution in [0.1, 0.15) is 31.5 Å². The predicted octanol–water partition coefficient (Wildman–Crippen LogP) is 3.01. The number of aromatic nitrogens is 1. The van der Waals surface area contributed by atoms with Gasteiger partial charge >= 0.3 is 0 Å². The maximum Gasteiger partial charge on any atom is 0.248 e. The highest BCUT2D eigenvalue weighted by molar-refractivity contribution is 5.47. The van der Waals surface area contributed by atoms with Crippen molar-refractivity contribution in [3.63, 3.8) is 0 Å². The second kappa shape index (κ2) is 3.67. The summed E-state index contributed by atoms with van der Waals surface area (Å²) in [5.41, 5.74) is 1.73. The van der Waals surface area contributed by atoms with Gasteiger partial charge in [0.25, 0.3) is 0 Å². The molecule has 0 spiro atoms. The first kappa shape index (κ1) is 11.5. The molecule has 2 nitrogen and oxygen atoms in total. The molecule has 2 bridgehead atoms. The fourth-order valence-corrected chi connectivity index (χ4v) is 3.40. The lowest BCUT2D eigenvalue weighted by molar-refractivity contribution is 0.178. The van der Waals surface area contributed by atoms with Crippen LogP contribution in [0.25, 0.3) is 0 Å². The molecule has 1 heterocycles. The van der Waals surface area contributed by atoms with E-state index in [2.05, 4.69) is 11.1 Å². The van der Waals surface area contributed by atoms with Crippen LogP contribution in [0.2, 0.25) is 0 Å². The van der Waals surface area contributed by atoms with E-state index < -0.39 is 5.67 Å². The van der Waals surface area contributed by atoms with Crippen molar-refractivity contribution in [1.82, 2.24) is 4.98 Å². The SMILES string of the molecule is CC=C1C2C=C(C)CC1(F)c1ccc(=O)[nH]c1C2. The van der Waals surface area contributed by atoms with Crippen LogP contribution in [-0.4, -0.2) is 4.98 Å². The van der Waals surface area contributed by atoms with Crippen LogP contribution in [-0.2, 0) is 12.1 Å². The molecule has 1 N–H and O–H groups in total. The molecule has 94 valence electrons. The van der Waals surface area contributed by atoms with Crippen LogP contribution < -0.4 is 5.56 Å². The van der Waals surface area contributed by atoms with Gasteiger partial charge in [0.2, 0.25) is 5.56 Å². The summed E-state index contributed by atoms with van der Waals surface area (Å²) >= 11 is 0. The molecule has 18 heavy (non-hydrogen) atoms. The average molecular weight is 245 g/mol. The van der Waals surface area contributed by atoms with Gasteiger partial charge in [0.05, 0.1) is 0 Å². The van der Waals surface area contributed by atoms with Gasteiger partial charge in [0, 0.05) is 29.7 Å². The average Bonchev–Trinajstić information content (AvgIpc) is 2.26. The minimum absolute atomic E-state index is 0.0827. The van der Waals surface area contributed by atoms with Crippen LogP contribution in [0, 0.1) is 5.92 Å². The van der Waals surface area contributed by atoms with Crippen molar-refractivity contribution >= 4 is 0 Å². The van der Waals surface area contributed by atoms with E-state index >= 15 is 4.39 Å². The van der Waals surface area contributed by atoms with Gasteiger partial charge in [-0.1, -0.05) is 17.7 Å². The lowest BCUT2D eigenvalue weighted by Crippen LogP contribution is -2.38. The molecule has 2 aliphatic carbocycles. The summed E-state index contributed by atoms with van der Waals surface area (Å²) in [5.74, 6) is 0.0827. The van der Waals surface area contributed by atoms with Crippen molar-refractivity contribution in [3.8, 4) is 0 Å². The molecule has 2 unspecified atom stereocenters. The molecule has 0 aliphatic heterocycles. The fraction of sp³-hybridized carbons (Fsp3) is 0.400. The number of hydrogen-bond acceptors (Lipinski definition) is 1. The van der Waals surface area contributed by atoms with Gasteiger partial charge in [-0.2, -0.15) is 0 Å². The van der Waals surface area contributed by atoms with Gasteiger partial charge in [-0.3, -0.25) is 4.79 Å². The number of alkyl halides is 1. The summed E-state index contributed by atoms with van der Waals surface area (Å²) < 4.78 is 15.4. The number of fused-ring (bicyclic) bond motifs is 4. The van der Waals surface area contributed by atoms with E-state index in [1.165, 1.54) is 6.07 Å². The summed E-state index contributed by atoms with van der Waals surface area (Å²) in [6.07, 6.45) is 5.10. The molecule has 1 aromatic rings. The standard InChI is InChI=1S/C15H16FNO/c1-3-11-10-6-9(2)8-15(11,16)12-4-5-14(18)17-13(12)7-10/h3-6,10H,7-8H2,1-2H3,(H,17,18). The smallest absolute Gasteiger partial charge is 0.248 e. The number of halogens is 1. The second-order valence-electron chi connectivity index (χ2n) is 5.26. The first-order valence-corrected chi connectivity index (χ1v) is 6.30. The summed E-state index contributed by atoms with van der Waals surface area (Å²) in [6, 6.07) is 3.06. The summed E-state index contributed by atoms with van der Waals surface area (Å²) in [5, 5.41) is 0. The molecule has 3 rings (SSSR count). The maximum absolute atomic E-state index is 15.4. The van der Waals surface area contributed by atoms with E-state index in [-0.39, 0.29) is 11.5 Å². The van der Waals surface area contributed by atoms with Gasteiger partial charge in [-0.25, -0.2) is 4.39 Å². The third kappa shape index (κ3) is 1.43. The molecular weight excluding hydrogens is 229 g/mol. The molecule has 0 fully saturated rings. The highest BCUT2D eigenvalue weighted by Gasteiger charge is 2.47. The van der Waals surface area contributed by atoms with Crippen molar-refractivity contribution in [2.45, 2.75) is 32.4 Å². The van der Waals surface area contributed by atoms with Gasteiger partial charge in [-0.15, -0.1) is 0 Å². The molecule has 2 aliphatic rings. The zero-order valence-electron chi connectivity index (χ0n) is 10.6. The highest BCUT2D eigenvalue weighted by Crippen LogP contribution is 2.51. The van der Waals surface area contributed by atoms with Crippen molar-refractivity contribution < 1.29 is 4.39 Å². The molecule has 3 heteroatoms. The quantitative estimate of drug-likeness (QED) is 0.700. The molecule has 0 saturated carbocycles. The Hall–Kier alpha value is -1.64. The minimum Gasteiger partial charge on any atom is -0.326 e. The van der Waals surface area contributed by atoms with E-state index in [4.69, 9.17) is 0 Å². The van der Waals surface area contributed by atoms with Crippen LogP contribution in [0.4, 0.5) is 4.39 Å². The van der Waals surface area contributed by atoms with Crippen LogP contribution in [0.15, 0.2) is 40.2 Å². The Morgan fingerprint density at radius 2 is 2.28 bits per heavy atom. The second-order valence-corrected chi connectivity index (χ2v) is 5.26. The van der Waals surface area contributed by atoms with E-state index in [9.17, 15) is 4.79 Å². The number of nitrogens with one attached hydrogen (secondary N) is 1. The maximum atomic E-state index is 15.4. The van der Waals surface area contributed by atoms with E-state index in [0.717, 1.165) is 16.8 Å². The van der Waals surface area contributed by atoms with Crippen LogP contribution in [0.5, 0.6) is 0 Å². The zero-order chi connectivity index (χ0) is 12.9. The van der Waals surface area contributed by atoms with E-state index in [0.29, 0.717) is 18.4 Å². The van der Waals surface area contributed by atoms with Gasteiger partial charge in [0.1, 0.15) is 0 Å². The van der Waals surface area contributed by atoms with Gasteiger partial charge < -0.3 is 4.98 Å². The lowest BCUT2D eigenvalue weighted by Gasteiger charge is -2.42. The van der Waals surface area contributed by atoms with Gasteiger partial charge in [-0.05, 0) is 31.9 Å². The molecule has 0 saturated heterocycles. The Morgan fingerprint density at radius 3 is 3.00 bits per heavy atom. The summed E-state index contributed by atoms with van der Waals surface area (Å²) in [6.45, 7) is 3.87. The monoisotopic (exact) mass is 245 g/mol. The number of pyridine rings is 1. The first-order chi connectivity index (χ1) is 8.54. The number of rotatable bonds is 0. The molecular formula is C15H16FNO. The lowest BCUT2D eigenvalue weighted by atomic mass is 9.66. The van der Waals surface area contributed by atoms with Gasteiger partial charge in [0.15, 0.2) is 5.67 Å². The fourth-order valence-electron chi connectivity index (χ4n) is 3.40. The summed E-state index contributed by atoms with van der Waals surface area (Å²) in [7, 11) is 0. The number of allylic oxidation sites excluding steroid dienone is 4. The highest BCUT2D eigenvalue weighted by atomic mass is 19.1. The molecule has 0 aromatic carbocycles. The number of H-pyrrole nitrogens is 1. The summed E-state index contributed by atoms with van der Waals surface area (Å²) in [4.78, 5) is 14.2. The predicted molar refractivity (Wildman–Crippen MR) is 69.2 cm³/mol. The largest absolute Gasteiger partial charge is 0.326 e. The Balaban J connectivity index is 2.28. The molecule has 1 aromatic heterocycles. The zero-order valence-corrected chi connectivity index (χ0v) is 10.6. The van der Waals surface area contributed by atoms with Crippen molar-refractivity contribution in [2.24, 2.45) is 5.92 Å². The van der Waals surface area contributed by atoms with Crippen LogP contribution >= 0.6 is 0 Å². The topological polar surface area (TPSA) is 32.9 Å². The van der Waals surface area contributed by atoms with E-state index in [1.807, 2.05) is 19.9 Å². The van der Waals surface area contributed by atoms with Crippen molar-refractivity contribution in [2.75, 3.05) is 0 Å². The molecule has 0 amide bonds. The Labute approximate surface area is 105 Å². The Kier molecular flexibility index (Phi) is 2.34. The molecule has 2 atom stereocenters. The Bertz CT molecular complexity index is 626. The van der Waals surface area contributed by atoms with Crippen LogP contribution in [0.3, 0.4) is 0 Å². The van der Waals surface area contributed by atoms with Crippen molar-refractivity contribution in [3.05, 3.63) is 57.0 Å².